The van der Waals surface area contributed by atoms with E-state index in [1.807, 2.05) is 38.1 Å². The number of hydrogen-bond acceptors (Lipinski definition) is 3. The van der Waals surface area contributed by atoms with Crippen molar-refractivity contribution in [3.8, 4) is 5.75 Å². The van der Waals surface area contributed by atoms with E-state index in [4.69, 9.17) is 4.74 Å². The number of guanidine groups is 1. The zero-order valence-corrected chi connectivity index (χ0v) is 15.2. The predicted octanol–water partition coefficient (Wildman–Crippen LogP) is 3.01. The summed E-state index contributed by atoms with van der Waals surface area (Å²) >= 11 is 0. The standard InChI is InChI=1S/C20H26FN3O2/c1-3-22-20(23-13-16-7-5-6-8-19(16)26-4-2)24-14-18(25)15-9-11-17(21)12-10-15/h5-12,18,25H,3-4,13-14H2,1-2H3,(H2,22,23,24). The fourth-order valence-electron chi connectivity index (χ4n) is 2.43. The summed E-state index contributed by atoms with van der Waals surface area (Å²) in [7, 11) is 0. The number of rotatable bonds is 8. The van der Waals surface area contributed by atoms with Crippen molar-refractivity contribution in [3.63, 3.8) is 0 Å². The number of para-hydroxylation sites is 1. The van der Waals surface area contributed by atoms with Gasteiger partial charge in [-0.1, -0.05) is 30.3 Å². The van der Waals surface area contributed by atoms with Crippen molar-refractivity contribution in [2.45, 2.75) is 26.5 Å². The van der Waals surface area contributed by atoms with Crippen LogP contribution in [0.4, 0.5) is 4.39 Å². The third-order valence-electron chi connectivity index (χ3n) is 3.74. The van der Waals surface area contributed by atoms with Crippen LogP contribution >= 0.6 is 0 Å². The van der Waals surface area contributed by atoms with E-state index >= 15 is 0 Å². The SMILES string of the molecule is CCNC(=NCc1ccccc1OCC)NCC(O)c1ccc(F)cc1. The lowest BCUT2D eigenvalue weighted by atomic mass is 10.1. The molecular weight excluding hydrogens is 333 g/mol. The molecule has 0 aromatic heterocycles. The molecule has 140 valence electrons. The molecule has 6 heteroatoms. The molecule has 26 heavy (non-hydrogen) atoms. The van der Waals surface area contributed by atoms with Crippen molar-refractivity contribution < 1.29 is 14.2 Å². The summed E-state index contributed by atoms with van der Waals surface area (Å²) in [5.41, 5.74) is 1.64. The summed E-state index contributed by atoms with van der Waals surface area (Å²) in [6, 6.07) is 13.6. The Morgan fingerprint density at radius 3 is 2.54 bits per heavy atom. The summed E-state index contributed by atoms with van der Waals surface area (Å²) in [5.74, 6) is 1.10. The Morgan fingerprint density at radius 1 is 1.12 bits per heavy atom. The minimum absolute atomic E-state index is 0.268. The van der Waals surface area contributed by atoms with E-state index < -0.39 is 6.10 Å². The highest BCUT2D eigenvalue weighted by molar-refractivity contribution is 5.79. The van der Waals surface area contributed by atoms with Crippen LogP contribution in [-0.2, 0) is 6.54 Å². The summed E-state index contributed by atoms with van der Waals surface area (Å²) in [6.07, 6.45) is -0.754. The Balaban J connectivity index is 1.99. The number of halogens is 1. The lowest BCUT2D eigenvalue weighted by molar-refractivity contribution is 0.180. The average Bonchev–Trinajstić information content (AvgIpc) is 2.65. The van der Waals surface area contributed by atoms with Crippen molar-refractivity contribution in [2.75, 3.05) is 19.7 Å². The van der Waals surface area contributed by atoms with Gasteiger partial charge in [0.1, 0.15) is 11.6 Å². The third kappa shape index (κ3) is 6.04. The molecule has 2 aromatic carbocycles. The Hall–Kier alpha value is -2.60. The molecule has 0 amide bonds. The first-order chi connectivity index (χ1) is 12.6. The van der Waals surface area contributed by atoms with Crippen molar-refractivity contribution in [1.29, 1.82) is 0 Å². The molecule has 0 fully saturated rings. The lowest BCUT2D eigenvalue weighted by Gasteiger charge is -2.16. The molecule has 0 aliphatic rings. The number of benzene rings is 2. The first kappa shape index (κ1) is 19.7. The summed E-state index contributed by atoms with van der Waals surface area (Å²) in [6.45, 7) is 5.95. The highest BCUT2D eigenvalue weighted by atomic mass is 19.1. The zero-order chi connectivity index (χ0) is 18.8. The number of aliphatic hydroxyl groups is 1. The largest absolute Gasteiger partial charge is 0.494 e. The van der Waals surface area contributed by atoms with Crippen LogP contribution < -0.4 is 15.4 Å². The first-order valence-electron chi connectivity index (χ1n) is 8.80. The summed E-state index contributed by atoms with van der Waals surface area (Å²) < 4.78 is 18.6. The topological polar surface area (TPSA) is 65.9 Å². The molecule has 5 nitrogen and oxygen atoms in total. The summed E-state index contributed by atoms with van der Waals surface area (Å²) in [5, 5.41) is 16.5. The average molecular weight is 359 g/mol. The van der Waals surface area contributed by atoms with Crippen LogP contribution in [0.3, 0.4) is 0 Å². The van der Waals surface area contributed by atoms with Gasteiger partial charge in [-0.15, -0.1) is 0 Å². The van der Waals surface area contributed by atoms with Crippen molar-refractivity contribution in [1.82, 2.24) is 10.6 Å². The van der Waals surface area contributed by atoms with Crippen molar-refractivity contribution in [2.24, 2.45) is 4.99 Å². The molecule has 0 saturated carbocycles. The normalized spacial score (nSPS) is 12.5. The van der Waals surface area contributed by atoms with Gasteiger partial charge in [-0.2, -0.15) is 0 Å². The lowest BCUT2D eigenvalue weighted by Crippen LogP contribution is -2.39. The van der Waals surface area contributed by atoms with E-state index in [0.717, 1.165) is 11.3 Å². The molecule has 1 atom stereocenters. The molecule has 0 radical (unpaired) electrons. The maximum absolute atomic E-state index is 13.0. The Labute approximate surface area is 153 Å². The summed E-state index contributed by atoms with van der Waals surface area (Å²) in [4.78, 5) is 4.55. The number of nitrogens with zero attached hydrogens (tertiary/aromatic N) is 1. The Bertz CT molecular complexity index is 704. The van der Waals surface area contributed by atoms with Crippen LogP contribution in [0.15, 0.2) is 53.5 Å². The van der Waals surface area contributed by atoms with Gasteiger partial charge >= 0.3 is 0 Å². The fraction of sp³-hybridized carbons (Fsp3) is 0.350. The molecule has 3 N–H and O–H groups in total. The van der Waals surface area contributed by atoms with Gasteiger partial charge in [-0.25, -0.2) is 9.38 Å². The Morgan fingerprint density at radius 2 is 1.85 bits per heavy atom. The number of hydrogen-bond donors (Lipinski definition) is 3. The highest BCUT2D eigenvalue weighted by Gasteiger charge is 2.09. The van der Waals surface area contributed by atoms with E-state index in [2.05, 4.69) is 15.6 Å². The molecule has 0 saturated heterocycles. The molecule has 2 aromatic rings. The van der Waals surface area contributed by atoms with Crippen LogP contribution in [0.25, 0.3) is 0 Å². The monoisotopic (exact) mass is 359 g/mol. The first-order valence-corrected chi connectivity index (χ1v) is 8.80. The van der Waals surface area contributed by atoms with Crippen LogP contribution in [0.5, 0.6) is 5.75 Å². The van der Waals surface area contributed by atoms with Gasteiger partial charge in [0, 0.05) is 18.7 Å². The third-order valence-corrected chi connectivity index (χ3v) is 3.74. The van der Waals surface area contributed by atoms with E-state index in [-0.39, 0.29) is 12.4 Å². The maximum Gasteiger partial charge on any atom is 0.191 e. The van der Waals surface area contributed by atoms with Gasteiger partial charge in [0.25, 0.3) is 0 Å². The van der Waals surface area contributed by atoms with Gasteiger partial charge < -0.3 is 20.5 Å². The minimum Gasteiger partial charge on any atom is -0.494 e. The van der Waals surface area contributed by atoms with Gasteiger partial charge in [0.15, 0.2) is 5.96 Å². The zero-order valence-electron chi connectivity index (χ0n) is 15.2. The van der Waals surface area contributed by atoms with Gasteiger partial charge in [0.05, 0.1) is 19.3 Å². The van der Waals surface area contributed by atoms with E-state index in [1.54, 1.807) is 12.1 Å². The second kappa shape index (κ2) is 10.4. The van der Waals surface area contributed by atoms with Gasteiger partial charge in [0.2, 0.25) is 0 Å². The molecule has 0 heterocycles. The van der Waals surface area contributed by atoms with Crippen molar-refractivity contribution >= 4 is 5.96 Å². The van der Waals surface area contributed by atoms with Crippen molar-refractivity contribution in [3.05, 3.63) is 65.5 Å². The van der Waals surface area contributed by atoms with Crippen LogP contribution in [-0.4, -0.2) is 30.8 Å². The molecule has 2 rings (SSSR count). The van der Waals surface area contributed by atoms with Crippen LogP contribution in [0.1, 0.15) is 31.1 Å². The van der Waals surface area contributed by atoms with Crippen LogP contribution in [0.2, 0.25) is 0 Å². The maximum atomic E-state index is 13.0. The highest BCUT2D eigenvalue weighted by Crippen LogP contribution is 2.18. The minimum atomic E-state index is -0.754. The van der Waals surface area contributed by atoms with Crippen LogP contribution in [0, 0.1) is 5.82 Å². The predicted molar refractivity (Wildman–Crippen MR) is 102 cm³/mol. The Kier molecular flexibility index (Phi) is 7.89. The smallest absolute Gasteiger partial charge is 0.191 e. The molecule has 0 spiro atoms. The number of nitrogens with one attached hydrogen (secondary N) is 2. The molecular formula is C20H26FN3O2. The second-order valence-corrected chi connectivity index (χ2v) is 5.68. The van der Waals surface area contributed by atoms with E-state index in [0.29, 0.717) is 31.2 Å². The fourth-order valence-corrected chi connectivity index (χ4v) is 2.43. The quantitative estimate of drug-likeness (QED) is 0.501. The number of aliphatic imine (C=N–C) groups is 1. The van der Waals surface area contributed by atoms with E-state index in [1.165, 1.54) is 12.1 Å². The molecule has 0 bridgehead atoms. The molecule has 0 aliphatic carbocycles. The van der Waals surface area contributed by atoms with Gasteiger partial charge in [-0.05, 0) is 37.6 Å². The van der Waals surface area contributed by atoms with Gasteiger partial charge in [-0.3, -0.25) is 0 Å². The number of aliphatic hydroxyl groups excluding tert-OH is 1. The van der Waals surface area contributed by atoms with E-state index in [9.17, 15) is 9.50 Å². The molecule has 0 aliphatic heterocycles. The second-order valence-electron chi connectivity index (χ2n) is 5.68. The number of ether oxygens (including phenoxy) is 1. The molecule has 1 unspecified atom stereocenters.